The topological polar surface area (TPSA) is 35.0 Å². The van der Waals surface area contributed by atoms with Crippen LogP contribution in [0.2, 0.25) is 5.15 Å². The average Bonchev–Trinajstić information content (AvgIpc) is 2.30. The molecule has 0 aromatic carbocycles. The van der Waals surface area contributed by atoms with E-state index in [1.807, 2.05) is 6.92 Å². The predicted molar refractivity (Wildman–Crippen MR) is 64.1 cm³/mol. The van der Waals surface area contributed by atoms with Gasteiger partial charge in [-0.2, -0.15) is 18.2 Å². The minimum absolute atomic E-state index is 0.105. The van der Waals surface area contributed by atoms with E-state index in [-0.39, 0.29) is 17.1 Å². The van der Waals surface area contributed by atoms with Gasteiger partial charge in [-0.3, -0.25) is 0 Å². The van der Waals surface area contributed by atoms with Crippen LogP contribution < -0.4 is 4.74 Å². The van der Waals surface area contributed by atoms with Gasteiger partial charge < -0.3 is 4.74 Å². The van der Waals surface area contributed by atoms with Gasteiger partial charge in [0.2, 0.25) is 11.7 Å². The van der Waals surface area contributed by atoms with Crippen LogP contribution in [0.4, 0.5) is 13.2 Å². The molecule has 1 fully saturated rings. The van der Waals surface area contributed by atoms with E-state index in [9.17, 15) is 13.2 Å². The maximum absolute atomic E-state index is 12.6. The summed E-state index contributed by atoms with van der Waals surface area (Å²) in [6.45, 7) is 2.03. The van der Waals surface area contributed by atoms with Crippen molar-refractivity contribution in [3.63, 3.8) is 0 Å². The lowest BCUT2D eigenvalue weighted by Crippen LogP contribution is -2.29. The minimum atomic E-state index is -4.62. The third-order valence-electron chi connectivity index (χ3n) is 3.23. The SMILES string of the molecule is CC1CCCCC1Oc1cc(Cl)nc(C(F)(F)F)n1. The molecule has 0 amide bonds. The van der Waals surface area contributed by atoms with Crippen LogP contribution in [0.25, 0.3) is 0 Å². The Morgan fingerprint density at radius 1 is 1.26 bits per heavy atom. The fourth-order valence-corrected chi connectivity index (χ4v) is 2.37. The summed E-state index contributed by atoms with van der Waals surface area (Å²) in [6.07, 6.45) is -0.763. The summed E-state index contributed by atoms with van der Waals surface area (Å²) in [7, 11) is 0. The lowest BCUT2D eigenvalue weighted by molar-refractivity contribution is -0.145. The Morgan fingerprint density at radius 2 is 1.95 bits per heavy atom. The molecule has 0 aliphatic heterocycles. The van der Waals surface area contributed by atoms with Gasteiger partial charge in [-0.1, -0.05) is 24.9 Å². The smallest absolute Gasteiger partial charge is 0.451 e. The standard InChI is InChI=1S/C12H14ClF3N2O/c1-7-4-2-3-5-8(7)19-10-6-9(13)17-11(18-10)12(14,15)16/h6-8H,2-5H2,1H3. The van der Waals surface area contributed by atoms with Gasteiger partial charge in [0.15, 0.2) is 0 Å². The van der Waals surface area contributed by atoms with Crippen LogP contribution in [0.5, 0.6) is 5.88 Å². The van der Waals surface area contributed by atoms with Crippen LogP contribution >= 0.6 is 11.6 Å². The molecule has 1 aromatic heterocycles. The van der Waals surface area contributed by atoms with Crippen molar-refractivity contribution in [3.05, 3.63) is 17.0 Å². The number of ether oxygens (including phenoxy) is 1. The zero-order chi connectivity index (χ0) is 14.0. The Hall–Kier alpha value is -1.04. The molecule has 1 aromatic rings. The molecule has 3 nitrogen and oxygen atoms in total. The summed E-state index contributed by atoms with van der Waals surface area (Å²) in [5, 5.41) is -0.263. The van der Waals surface area contributed by atoms with Gasteiger partial charge in [0.25, 0.3) is 0 Å². The second-order valence-corrected chi connectivity index (χ2v) is 5.16. The summed E-state index contributed by atoms with van der Waals surface area (Å²) < 4.78 is 43.2. The van der Waals surface area contributed by atoms with Gasteiger partial charge in [0.1, 0.15) is 11.3 Å². The lowest BCUT2D eigenvalue weighted by Gasteiger charge is -2.28. The molecular weight excluding hydrogens is 281 g/mol. The number of aromatic nitrogens is 2. The summed E-state index contributed by atoms with van der Waals surface area (Å²) >= 11 is 5.58. The Kier molecular flexibility index (Phi) is 4.18. The molecule has 1 heterocycles. The molecule has 0 radical (unpaired) electrons. The first-order chi connectivity index (χ1) is 8.86. The molecule has 2 atom stereocenters. The Labute approximate surface area is 114 Å². The number of nitrogens with zero attached hydrogens (tertiary/aromatic N) is 2. The van der Waals surface area contributed by atoms with Crippen molar-refractivity contribution in [2.75, 3.05) is 0 Å². The highest BCUT2D eigenvalue weighted by molar-refractivity contribution is 6.29. The first-order valence-corrected chi connectivity index (χ1v) is 6.52. The van der Waals surface area contributed by atoms with Crippen LogP contribution in [-0.4, -0.2) is 16.1 Å². The van der Waals surface area contributed by atoms with Crippen molar-refractivity contribution in [1.29, 1.82) is 0 Å². The van der Waals surface area contributed by atoms with Gasteiger partial charge >= 0.3 is 6.18 Å². The monoisotopic (exact) mass is 294 g/mol. The number of halogens is 4. The van der Waals surface area contributed by atoms with E-state index in [0.29, 0.717) is 5.92 Å². The third-order valence-corrected chi connectivity index (χ3v) is 3.42. The van der Waals surface area contributed by atoms with Crippen molar-refractivity contribution < 1.29 is 17.9 Å². The van der Waals surface area contributed by atoms with Crippen molar-refractivity contribution >= 4 is 11.6 Å². The van der Waals surface area contributed by atoms with Crippen LogP contribution in [-0.2, 0) is 6.18 Å². The molecule has 0 bridgehead atoms. The van der Waals surface area contributed by atoms with Crippen molar-refractivity contribution in [1.82, 2.24) is 9.97 Å². The number of alkyl halides is 3. The first kappa shape index (κ1) is 14.4. The van der Waals surface area contributed by atoms with E-state index in [1.165, 1.54) is 6.07 Å². The van der Waals surface area contributed by atoms with Crippen LogP contribution in [0, 0.1) is 5.92 Å². The van der Waals surface area contributed by atoms with Gasteiger partial charge in [0.05, 0.1) is 0 Å². The highest BCUT2D eigenvalue weighted by Gasteiger charge is 2.36. The zero-order valence-electron chi connectivity index (χ0n) is 10.4. The van der Waals surface area contributed by atoms with E-state index >= 15 is 0 Å². The summed E-state index contributed by atoms with van der Waals surface area (Å²) in [5.74, 6) is -1.07. The average molecular weight is 295 g/mol. The molecule has 0 spiro atoms. The van der Waals surface area contributed by atoms with E-state index in [2.05, 4.69) is 9.97 Å². The van der Waals surface area contributed by atoms with Crippen LogP contribution in [0.15, 0.2) is 6.07 Å². The van der Waals surface area contributed by atoms with Crippen molar-refractivity contribution in [3.8, 4) is 5.88 Å². The molecule has 0 N–H and O–H groups in total. The van der Waals surface area contributed by atoms with Crippen LogP contribution in [0.1, 0.15) is 38.4 Å². The second-order valence-electron chi connectivity index (χ2n) is 4.77. The molecule has 2 rings (SSSR count). The number of hydrogen-bond acceptors (Lipinski definition) is 3. The normalized spacial score (nSPS) is 24.3. The van der Waals surface area contributed by atoms with Crippen molar-refractivity contribution in [2.24, 2.45) is 5.92 Å². The summed E-state index contributed by atoms with van der Waals surface area (Å²) in [4.78, 5) is 6.56. The number of rotatable bonds is 2. The van der Waals surface area contributed by atoms with Crippen molar-refractivity contribution in [2.45, 2.75) is 44.9 Å². The first-order valence-electron chi connectivity index (χ1n) is 6.14. The Bertz CT molecular complexity index is 453. The Balaban J connectivity index is 2.18. The molecule has 19 heavy (non-hydrogen) atoms. The highest BCUT2D eigenvalue weighted by atomic mass is 35.5. The molecule has 1 saturated carbocycles. The van der Waals surface area contributed by atoms with E-state index < -0.39 is 12.0 Å². The van der Waals surface area contributed by atoms with Gasteiger partial charge in [-0.05, 0) is 25.2 Å². The summed E-state index contributed by atoms with van der Waals surface area (Å²) in [6, 6.07) is 1.22. The molecule has 1 aliphatic carbocycles. The van der Waals surface area contributed by atoms with Gasteiger partial charge in [0, 0.05) is 6.07 Å². The minimum Gasteiger partial charge on any atom is -0.474 e. The maximum atomic E-state index is 12.6. The van der Waals surface area contributed by atoms with Crippen LogP contribution in [0.3, 0.4) is 0 Å². The zero-order valence-corrected chi connectivity index (χ0v) is 11.1. The fraction of sp³-hybridized carbons (Fsp3) is 0.667. The molecular formula is C12H14ClF3N2O. The third kappa shape index (κ3) is 3.72. The fourth-order valence-electron chi connectivity index (χ4n) is 2.20. The second kappa shape index (κ2) is 5.53. The maximum Gasteiger partial charge on any atom is 0.451 e. The highest BCUT2D eigenvalue weighted by Crippen LogP contribution is 2.31. The Morgan fingerprint density at radius 3 is 2.58 bits per heavy atom. The summed E-state index contributed by atoms with van der Waals surface area (Å²) in [5.41, 5.74) is 0. The largest absolute Gasteiger partial charge is 0.474 e. The molecule has 106 valence electrons. The quantitative estimate of drug-likeness (QED) is 0.770. The van der Waals surface area contributed by atoms with E-state index in [0.717, 1.165) is 25.7 Å². The number of hydrogen-bond donors (Lipinski definition) is 0. The van der Waals surface area contributed by atoms with E-state index in [4.69, 9.17) is 16.3 Å². The lowest BCUT2D eigenvalue weighted by atomic mass is 9.88. The molecule has 2 unspecified atom stereocenters. The molecule has 1 aliphatic rings. The van der Waals surface area contributed by atoms with Gasteiger partial charge in [-0.15, -0.1) is 0 Å². The predicted octanol–water partition coefficient (Wildman–Crippen LogP) is 4.11. The van der Waals surface area contributed by atoms with E-state index in [1.54, 1.807) is 0 Å². The molecule has 0 saturated heterocycles. The van der Waals surface area contributed by atoms with Gasteiger partial charge in [-0.25, -0.2) is 4.98 Å². The molecule has 7 heteroatoms.